The molecule has 2 aromatic rings. The second kappa shape index (κ2) is 12.2. The van der Waals surface area contributed by atoms with E-state index in [9.17, 15) is 0 Å². The Morgan fingerprint density at radius 2 is 1.89 bits per heavy atom. The Balaban J connectivity index is 1.82. The zero-order valence-electron chi connectivity index (χ0n) is 17.9. The summed E-state index contributed by atoms with van der Waals surface area (Å²) in [5.74, 6) is 1.56. The first-order chi connectivity index (χ1) is 13.7. The highest BCUT2D eigenvalue weighted by atomic mass is 16.5. The average Bonchev–Trinajstić information content (AvgIpc) is 2.73. The summed E-state index contributed by atoms with van der Waals surface area (Å²) in [5, 5.41) is 0. The van der Waals surface area contributed by atoms with Crippen LogP contribution in [0.1, 0.15) is 38.7 Å². The molecule has 154 valence electrons. The van der Waals surface area contributed by atoms with Crippen LogP contribution in [0, 0.1) is 0 Å². The molecular formula is C23H35N3O2. The minimum atomic E-state index is 0.667. The van der Waals surface area contributed by atoms with E-state index in [2.05, 4.69) is 53.9 Å². The molecule has 2 rings (SSSR count). The van der Waals surface area contributed by atoms with E-state index in [4.69, 9.17) is 9.47 Å². The number of likely N-dealkylation sites (N-methyl/N-ethyl adjacent to an activating group) is 1. The van der Waals surface area contributed by atoms with Crippen molar-refractivity contribution in [1.82, 2.24) is 9.88 Å². The van der Waals surface area contributed by atoms with E-state index < -0.39 is 0 Å². The van der Waals surface area contributed by atoms with Crippen LogP contribution in [0.25, 0.3) is 0 Å². The Morgan fingerprint density at radius 1 is 1.04 bits per heavy atom. The monoisotopic (exact) mass is 385 g/mol. The summed E-state index contributed by atoms with van der Waals surface area (Å²) in [5.41, 5.74) is 2.31. The molecule has 0 spiro atoms. The maximum Gasteiger partial charge on any atom is 0.213 e. The van der Waals surface area contributed by atoms with Gasteiger partial charge in [0.1, 0.15) is 12.4 Å². The van der Waals surface area contributed by atoms with E-state index in [0.717, 1.165) is 43.2 Å². The zero-order chi connectivity index (χ0) is 20.2. The molecule has 0 atom stereocenters. The van der Waals surface area contributed by atoms with E-state index in [-0.39, 0.29) is 0 Å². The van der Waals surface area contributed by atoms with Gasteiger partial charge in [-0.2, -0.15) is 0 Å². The number of hydrogen-bond acceptors (Lipinski definition) is 5. The van der Waals surface area contributed by atoms with Gasteiger partial charge in [-0.25, -0.2) is 4.98 Å². The van der Waals surface area contributed by atoms with Crippen molar-refractivity contribution in [3.05, 3.63) is 48.2 Å². The van der Waals surface area contributed by atoms with Gasteiger partial charge in [0.2, 0.25) is 5.88 Å². The van der Waals surface area contributed by atoms with Gasteiger partial charge in [-0.05, 0) is 44.6 Å². The molecule has 0 aliphatic heterocycles. The van der Waals surface area contributed by atoms with Crippen molar-refractivity contribution in [1.29, 1.82) is 0 Å². The van der Waals surface area contributed by atoms with Gasteiger partial charge in [0.15, 0.2) is 0 Å². The molecule has 0 amide bonds. The highest BCUT2D eigenvalue weighted by molar-refractivity contribution is 5.51. The van der Waals surface area contributed by atoms with Gasteiger partial charge in [-0.1, -0.05) is 31.9 Å². The van der Waals surface area contributed by atoms with E-state index in [1.807, 2.05) is 24.4 Å². The molecule has 0 unspecified atom stereocenters. The first-order valence-electron chi connectivity index (χ1n) is 10.3. The number of pyridine rings is 1. The second-order valence-corrected chi connectivity index (χ2v) is 7.08. The predicted octanol–water partition coefficient (Wildman–Crippen LogP) is 4.62. The third kappa shape index (κ3) is 7.39. The Labute approximate surface area is 170 Å². The van der Waals surface area contributed by atoms with E-state index in [1.165, 1.54) is 19.3 Å². The largest absolute Gasteiger partial charge is 0.497 e. The van der Waals surface area contributed by atoms with Crippen molar-refractivity contribution >= 4 is 5.69 Å². The standard InChI is InChI=1S/C23H35N3O2/c1-5-7-8-14-25(3)15-16-28-23-13-12-20(18-24-23)19-26(6-2)21-10-9-11-22(17-21)27-4/h9-13,17-18H,5-8,14-16,19H2,1-4H3. The Hall–Kier alpha value is -2.27. The van der Waals surface area contributed by atoms with E-state index in [0.29, 0.717) is 12.5 Å². The van der Waals surface area contributed by atoms with Gasteiger partial charge < -0.3 is 19.3 Å². The minimum Gasteiger partial charge on any atom is -0.497 e. The molecule has 0 radical (unpaired) electrons. The number of anilines is 1. The van der Waals surface area contributed by atoms with Crippen LogP contribution in [0.3, 0.4) is 0 Å². The van der Waals surface area contributed by atoms with Crippen molar-refractivity contribution in [2.75, 3.05) is 45.3 Å². The maximum absolute atomic E-state index is 5.80. The summed E-state index contributed by atoms with van der Waals surface area (Å²) in [6, 6.07) is 12.2. The molecule has 0 aliphatic rings. The third-order valence-corrected chi connectivity index (χ3v) is 4.84. The summed E-state index contributed by atoms with van der Waals surface area (Å²) in [6.07, 6.45) is 5.71. The van der Waals surface area contributed by atoms with Gasteiger partial charge in [0.05, 0.1) is 7.11 Å². The van der Waals surface area contributed by atoms with Crippen molar-refractivity contribution in [2.24, 2.45) is 0 Å². The maximum atomic E-state index is 5.80. The summed E-state index contributed by atoms with van der Waals surface area (Å²) < 4.78 is 11.1. The number of aromatic nitrogens is 1. The first-order valence-corrected chi connectivity index (χ1v) is 10.3. The van der Waals surface area contributed by atoms with Crippen LogP contribution in [-0.2, 0) is 6.54 Å². The first kappa shape index (κ1) is 22.0. The minimum absolute atomic E-state index is 0.667. The number of benzene rings is 1. The van der Waals surface area contributed by atoms with Crippen LogP contribution in [-0.4, -0.2) is 50.3 Å². The lowest BCUT2D eigenvalue weighted by Crippen LogP contribution is -2.25. The Kier molecular flexibility index (Phi) is 9.63. The average molecular weight is 386 g/mol. The highest BCUT2D eigenvalue weighted by Crippen LogP contribution is 2.22. The normalized spacial score (nSPS) is 10.9. The molecule has 5 nitrogen and oxygen atoms in total. The summed E-state index contributed by atoms with van der Waals surface area (Å²) in [4.78, 5) is 9.09. The van der Waals surface area contributed by atoms with Crippen molar-refractivity contribution in [3.8, 4) is 11.6 Å². The lowest BCUT2D eigenvalue weighted by molar-refractivity contribution is 0.229. The van der Waals surface area contributed by atoms with Gasteiger partial charge in [0, 0.05) is 43.7 Å². The summed E-state index contributed by atoms with van der Waals surface area (Å²) in [6.45, 7) is 8.82. The van der Waals surface area contributed by atoms with Crippen LogP contribution in [0.15, 0.2) is 42.6 Å². The number of rotatable bonds is 13. The van der Waals surface area contributed by atoms with Crippen molar-refractivity contribution < 1.29 is 9.47 Å². The quantitative estimate of drug-likeness (QED) is 0.471. The number of hydrogen-bond donors (Lipinski definition) is 0. The molecule has 1 aromatic carbocycles. The molecule has 0 saturated heterocycles. The lowest BCUT2D eigenvalue weighted by Gasteiger charge is -2.23. The molecule has 5 heteroatoms. The zero-order valence-corrected chi connectivity index (χ0v) is 17.9. The fourth-order valence-corrected chi connectivity index (χ4v) is 3.05. The van der Waals surface area contributed by atoms with Crippen LogP contribution in [0.4, 0.5) is 5.69 Å². The molecule has 1 heterocycles. The van der Waals surface area contributed by atoms with Crippen LogP contribution >= 0.6 is 0 Å². The number of nitrogens with zero attached hydrogens (tertiary/aromatic N) is 3. The topological polar surface area (TPSA) is 37.8 Å². The fraction of sp³-hybridized carbons (Fsp3) is 0.522. The van der Waals surface area contributed by atoms with Crippen LogP contribution in [0.2, 0.25) is 0 Å². The number of unbranched alkanes of at least 4 members (excludes halogenated alkanes) is 2. The van der Waals surface area contributed by atoms with Gasteiger partial charge in [-0.15, -0.1) is 0 Å². The molecular weight excluding hydrogens is 350 g/mol. The predicted molar refractivity (Wildman–Crippen MR) is 116 cm³/mol. The summed E-state index contributed by atoms with van der Waals surface area (Å²) in [7, 11) is 3.84. The summed E-state index contributed by atoms with van der Waals surface area (Å²) >= 11 is 0. The third-order valence-electron chi connectivity index (χ3n) is 4.84. The SMILES string of the molecule is CCCCCN(C)CCOc1ccc(CN(CC)c2cccc(OC)c2)cn1. The Morgan fingerprint density at radius 3 is 2.57 bits per heavy atom. The number of ether oxygens (including phenoxy) is 2. The van der Waals surface area contributed by atoms with Gasteiger partial charge in [0.25, 0.3) is 0 Å². The molecule has 0 bridgehead atoms. The van der Waals surface area contributed by atoms with E-state index >= 15 is 0 Å². The second-order valence-electron chi connectivity index (χ2n) is 7.08. The van der Waals surface area contributed by atoms with Crippen molar-refractivity contribution in [2.45, 2.75) is 39.7 Å². The van der Waals surface area contributed by atoms with E-state index in [1.54, 1.807) is 7.11 Å². The number of methoxy groups -OCH3 is 1. The molecule has 28 heavy (non-hydrogen) atoms. The molecule has 1 aromatic heterocycles. The highest BCUT2D eigenvalue weighted by Gasteiger charge is 2.07. The molecule has 0 saturated carbocycles. The van der Waals surface area contributed by atoms with Crippen LogP contribution < -0.4 is 14.4 Å². The Bertz CT molecular complexity index is 676. The lowest BCUT2D eigenvalue weighted by atomic mass is 10.2. The van der Waals surface area contributed by atoms with Crippen LogP contribution in [0.5, 0.6) is 11.6 Å². The molecule has 0 N–H and O–H groups in total. The molecule has 0 fully saturated rings. The molecule has 0 aliphatic carbocycles. The van der Waals surface area contributed by atoms with Gasteiger partial charge in [-0.3, -0.25) is 0 Å². The van der Waals surface area contributed by atoms with Gasteiger partial charge >= 0.3 is 0 Å². The van der Waals surface area contributed by atoms with Crippen molar-refractivity contribution in [3.63, 3.8) is 0 Å². The fourth-order valence-electron chi connectivity index (χ4n) is 3.05. The smallest absolute Gasteiger partial charge is 0.213 e.